The number of rotatable bonds is 7. The first-order valence-electron chi connectivity index (χ1n) is 5.97. The largest absolute Gasteiger partial charge is 0.476 e. The molecule has 0 radical (unpaired) electrons. The van der Waals surface area contributed by atoms with Crippen LogP contribution < -0.4 is 5.32 Å². The van der Waals surface area contributed by atoms with E-state index in [0.29, 0.717) is 25.4 Å². The van der Waals surface area contributed by atoms with Crippen LogP contribution in [0.3, 0.4) is 0 Å². The molecule has 104 valence electrons. The molecule has 0 spiro atoms. The van der Waals surface area contributed by atoms with Crippen molar-refractivity contribution in [1.82, 2.24) is 9.97 Å². The molecule has 0 amide bonds. The smallest absolute Gasteiger partial charge is 0.356 e. The number of hydrogen-bond donors (Lipinski definition) is 2. The van der Waals surface area contributed by atoms with Gasteiger partial charge in [0.1, 0.15) is 5.82 Å². The Kier molecular flexibility index (Phi) is 5.72. The minimum absolute atomic E-state index is 0.0833. The molecule has 0 bridgehead atoms. The van der Waals surface area contributed by atoms with Crippen molar-refractivity contribution in [3.8, 4) is 0 Å². The summed E-state index contributed by atoms with van der Waals surface area (Å²) in [5, 5.41) is 11.7. The number of ether oxygens (including phenoxy) is 1. The van der Waals surface area contributed by atoms with E-state index in [9.17, 15) is 9.59 Å². The number of aromatic carboxylic acids is 1. The van der Waals surface area contributed by atoms with Crippen molar-refractivity contribution in [1.29, 1.82) is 0 Å². The lowest BCUT2D eigenvalue weighted by molar-refractivity contribution is -0.143. The number of carboxylic acid groups (broad SMARTS) is 1. The van der Waals surface area contributed by atoms with Crippen LogP contribution in [0.2, 0.25) is 0 Å². The fourth-order valence-corrected chi connectivity index (χ4v) is 1.39. The van der Waals surface area contributed by atoms with Gasteiger partial charge in [0.2, 0.25) is 0 Å². The molecule has 0 aliphatic carbocycles. The third kappa shape index (κ3) is 5.33. The highest BCUT2D eigenvalue weighted by atomic mass is 16.5. The summed E-state index contributed by atoms with van der Waals surface area (Å²) in [6.45, 7) is 4.57. The fourth-order valence-electron chi connectivity index (χ4n) is 1.39. The van der Waals surface area contributed by atoms with E-state index in [1.165, 1.54) is 12.4 Å². The van der Waals surface area contributed by atoms with E-state index in [1.807, 2.05) is 6.92 Å². The first-order valence-corrected chi connectivity index (χ1v) is 5.97. The van der Waals surface area contributed by atoms with E-state index in [0.717, 1.165) is 0 Å². The highest BCUT2D eigenvalue weighted by Gasteiger charge is 2.10. The van der Waals surface area contributed by atoms with Gasteiger partial charge in [-0.2, -0.15) is 0 Å². The van der Waals surface area contributed by atoms with Gasteiger partial charge in [-0.25, -0.2) is 14.8 Å². The zero-order valence-corrected chi connectivity index (χ0v) is 10.9. The molecule has 1 atom stereocenters. The number of nitrogens with one attached hydrogen (secondary N) is 1. The predicted octanol–water partition coefficient (Wildman–Crippen LogP) is 1.18. The summed E-state index contributed by atoms with van der Waals surface area (Å²) in [7, 11) is 0. The van der Waals surface area contributed by atoms with Gasteiger partial charge in [-0.1, -0.05) is 6.92 Å². The molecule has 1 heterocycles. The summed E-state index contributed by atoms with van der Waals surface area (Å²) in [6, 6.07) is 0. The Morgan fingerprint density at radius 1 is 1.42 bits per heavy atom. The van der Waals surface area contributed by atoms with Gasteiger partial charge in [0.25, 0.3) is 0 Å². The van der Waals surface area contributed by atoms with Crippen LogP contribution in [-0.2, 0) is 9.53 Å². The predicted molar refractivity (Wildman–Crippen MR) is 67.9 cm³/mol. The van der Waals surface area contributed by atoms with Crippen LogP contribution in [0.4, 0.5) is 5.82 Å². The molecule has 0 aliphatic heterocycles. The van der Waals surface area contributed by atoms with Gasteiger partial charge in [0.15, 0.2) is 5.69 Å². The molecule has 0 aromatic carbocycles. The van der Waals surface area contributed by atoms with E-state index in [1.54, 1.807) is 6.92 Å². The van der Waals surface area contributed by atoms with Crippen LogP contribution in [0.5, 0.6) is 0 Å². The van der Waals surface area contributed by atoms with Gasteiger partial charge < -0.3 is 15.2 Å². The molecule has 1 aromatic heterocycles. The molecule has 2 N–H and O–H groups in total. The molecule has 7 nitrogen and oxygen atoms in total. The Bertz CT molecular complexity index is 433. The second-order valence-corrected chi connectivity index (χ2v) is 4.09. The SMILES string of the molecule is CCOC(=O)CC(C)CNc1cnc(C(=O)O)cn1. The third-order valence-electron chi connectivity index (χ3n) is 2.32. The number of aromatic nitrogens is 2. The summed E-state index contributed by atoms with van der Waals surface area (Å²) >= 11 is 0. The molecule has 1 aromatic rings. The van der Waals surface area contributed by atoms with Gasteiger partial charge in [0.05, 0.1) is 19.0 Å². The van der Waals surface area contributed by atoms with Crippen LogP contribution in [-0.4, -0.2) is 40.2 Å². The Hall–Kier alpha value is -2.18. The number of carbonyl (C=O) groups excluding carboxylic acids is 1. The van der Waals surface area contributed by atoms with Crippen molar-refractivity contribution in [2.75, 3.05) is 18.5 Å². The highest BCUT2D eigenvalue weighted by Crippen LogP contribution is 2.07. The van der Waals surface area contributed by atoms with Crippen molar-refractivity contribution >= 4 is 17.8 Å². The van der Waals surface area contributed by atoms with Gasteiger partial charge in [-0.05, 0) is 12.8 Å². The summed E-state index contributed by atoms with van der Waals surface area (Å²) < 4.78 is 4.85. The van der Waals surface area contributed by atoms with E-state index in [2.05, 4.69) is 15.3 Å². The Morgan fingerprint density at radius 3 is 2.68 bits per heavy atom. The number of esters is 1. The molecule has 0 fully saturated rings. The zero-order chi connectivity index (χ0) is 14.3. The number of nitrogens with zero attached hydrogens (tertiary/aromatic N) is 2. The molecule has 1 unspecified atom stereocenters. The van der Waals surface area contributed by atoms with Crippen LogP contribution in [0.15, 0.2) is 12.4 Å². The Balaban J connectivity index is 2.39. The Morgan fingerprint density at radius 2 is 2.16 bits per heavy atom. The van der Waals surface area contributed by atoms with Crippen molar-refractivity contribution in [3.63, 3.8) is 0 Å². The van der Waals surface area contributed by atoms with Crippen molar-refractivity contribution in [2.24, 2.45) is 5.92 Å². The second-order valence-electron chi connectivity index (χ2n) is 4.09. The summed E-state index contributed by atoms with van der Waals surface area (Å²) in [6.07, 6.45) is 2.85. The lowest BCUT2D eigenvalue weighted by Gasteiger charge is -2.12. The monoisotopic (exact) mass is 267 g/mol. The topological polar surface area (TPSA) is 101 Å². The van der Waals surface area contributed by atoms with Gasteiger partial charge in [0, 0.05) is 13.0 Å². The maximum Gasteiger partial charge on any atom is 0.356 e. The van der Waals surface area contributed by atoms with Gasteiger partial charge >= 0.3 is 11.9 Å². The van der Waals surface area contributed by atoms with E-state index in [4.69, 9.17) is 9.84 Å². The lowest BCUT2D eigenvalue weighted by Crippen LogP contribution is -2.17. The molecular weight excluding hydrogens is 250 g/mol. The maximum atomic E-state index is 11.2. The normalized spacial score (nSPS) is 11.7. The van der Waals surface area contributed by atoms with Crippen molar-refractivity contribution < 1.29 is 19.4 Å². The summed E-state index contributed by atoms with van der Waals surface area (Å²) in [4.78, 5) is 29.5. The highest BCUT2D eigenvalue weighted by molar-refractivity contribution is 5.84. The van der Waals surface area contributed by atoms with Gasteiger partial charge in [-0.15, -0.1) is 0 Å². The average molecular weight is 267 g/mol. The fraction of sp³-hybridized carbons (Fsp3) is 0.500. The molecule has 7 heteroatoms. The van der Waals surface area contributed by atoms with E-state index >= 15 is 0 Å². The van der Waals surface area contributed by atoms with Crippen LogP contribution in [0, 0.1) is 5.92 Å². The number of carbonyl (C=O) groups is 2. The van der Waals surface area contributed by atoms with Crippen LogP contribution in [0.25, 0.3) is 0 Å². The second kappa shape index (κ2) is 7.30. The molecule has 0 saturated heterocycles. The lowest BCUT2D eigenvalue weighted by atomic mass is 10.1. The summed E-state index contributed by atoms with van der Waals surface area (Å²) in [5.74, 6) is -0.792. The minimum Gasteiger partial charge on any atom is -0.476 e. The van der Waals surface area contributed by atoms with Crippen molar-refractivity contribution in [2.45, 2.75) is 20.3 Å². The molecule has 0 saturated carbocycles. The van der Waals surface area contributed by atoms with Crippen LogP contribution >= 0.6 is 0 Å². The number of carboxylic acids is 1. The average Bonchev–Trinajstić information content (AvgIpc) is 2.37. The summed E-state index contributed by atoms with van der Waals surface area (Å²) in [5.41, 5.74) is -0.106. The van der Waals surface area contributed by atoms with E-state index < -0.39 is 5.97 Å². The standard InChI is InChI=1S/C12H17N3O4/c1-3-19-11(16)4-8(2)5-14-10-7-13-9(6-15-10)12(17)18/h6-8H,3-5H2,1-2H3,(H,14,15)(H,17,18). The molecule has 1 rings (SSSR count). The van der Waals surface area contributed by atoms with E-state index in [-0.39, 0.29) is 17.6 Å². The first-order chi connectivity index (χ1) is 9.02. The molecular formula is C12H17N3O4. The number of hydrogen-bond acceptors (Lipinski definition) is 6. The van der Waals surface area contributed by atoms with Crippen LogP contribution in [0.1, 0.15) is 30.8 Å². The van der Waals surface area contributed by atoms with Crippen molar-refractivity contribution in [3.05, 3.63) is 18.1 Å². The number of anilines is 1. The van der Waals surface area contributed by atoms with Gasteiger partial charge in [-0.3, -0.25) is 4.79 Å². The first kappa shape index (κ1) is 14.9. The Labute approximate surface area is 111 Å². The maximum absolute atomic E-state index is 11.2. The molecule has 19 heavy (non-hydrogen) atoms. The quantitative estimate of drug-likeness (QED) is 0.715. The third-order valence-corrected chi connectivity index (χ3v) is 2.32. The molecule has 0 aliphatic rings. The minimum atomic E-state index is -1.12. The zero-order valence-electron chi connectivity index (χ0n) is 10.9.